The first-order valence-electron chi connectivity index (χ1n) is 6.01. The molecule has 1 rings (SSSR count). The van der Waals surface area contributed by atoms with E-state index in [1.165, 1.54) is 0 Å². The van der Waals surface area contributed by atoms with E-state index in [0.29, 0.717) is 13.0 Å². The molecule has 0 amide bonds. The predicted octanol–water partition coefficient (Wildman–Crippen LogP) is 0.427. The van der Waals surface area contributed by atoms with Crippen LogP contribution in [0.5, 0.6) is 0 Å². The van der Waals surface area contributed by atoms with Gasteiger partial charge in [0.05, 0.1) is 6.10 Å². The number of carbonyl (C=O) groups excluding carboxylic acids is 1. The van der Waals surface area contributed by atoms with Gasteiger partial charge in [0.1, 0.15) is 5.60 Å². The Balaban J connectivity index is 2.46. The third-order valence-corrected chi connectivity index (χ3v) is 3.40. The molecule has 18 heavy (non-hydrogen) atoms. The van der Waals surface area contributed by atoms with E-state index in [4.69, 9.17) is 8.92 Å². The molecule has 0 aromatic rings. The highest BCUT2D eigenvalue weighted by molar-refractivity contribution is 7.87. The van der Waals surface area contributed by atoms with Crippen LogP contribution in [0.25, 0.3) is 0 Å². The lowest BCUT2D eigenvalue weighted by atomic mass is 10.1. The van der Waals surface area contributed by atoms with E-state index in [1.807, 2.05) is 0 Å². The summed E-state index contributed by atoms with van der Waals surface area (Å²) >= 11 is 0. The van der Waals surface area contributed by atoms with Gasteiger partial charge >= 0.3 is 5.97 Å². The van der Waals surface area contributed by atoms with Crippen LogP contribution in [0.4, 0.5) is 0 Å². The summed E-state index contributed by atoms with van der Waals surface area (Å²) in [4.78, 5) is 11.4. The molecule has 0 spiro atoms. The summed E-state index contributed by atoms with van der Waals surface area (Å²) in [5, 5.41) is 3.04. The molecule has 0 aromatic heterocycles. The molecule has 1 aliphatic rings. The molecular weight excluding hydrogens is 258 g/mol. The normalized spacial score (nSPS) is 21.6. The zero-order valence-corrected chi connectivity index (χ0v) is 11.9. The SMILES string of the molecule is CC(C)(C)OC(=O)CS(=O)(=O)O[C@H]1CCCNC1. The molecule has 1 heterocycles. The van der Waals surface area contributed by atoms with E-state index in [9.17, 15) is 13.2 Å². The summed E-state index contributed by atoms with van der Waals surface area (Å²) in [6.07, 6.45) is 1.17. The maximum absolute atomic E-state index is 11.6. The van der Waals surface area contributed by atoms with Crippen LogP contribution in [0.2, 0.25) is 0 Å². The molecule has 7 heteroatoms. The summed E-state index contributed by atoms with van der Waals surface area (Å²) in [6, 6.07) is 0. The first kappa shape index (κ1) is 15.4. The van der Waals surface area contributed by atoms with Crippen LogP contribution >= 0.6 is 0 Å². The van der Waals surface area contributed by atoms with Gasteiger partial charge in [0, 0.05) is 6.54 Å². The highest BCUT2D eigenvalue weighted by atomic mass is 32.2. The van der Waals surface area contributed by atoms with Gasteiger partial charge in [-0.1, -0.05) is 0 Å². The van der Waals surface area contributed by atoms with Crippen molar-refractivity contribution in [2.24, 2.45) is 0 Å². The molecule has 0 unspecified atom stereocenters. The van der Waals surface area contributed by atoms with Gasteiger partial charge in [0.15, 0.2) is 5.75 Å². The fourth-order valence-electron chi connectivity index (χ4n) is 1.66. The van der Waals surface area contributed by atoms with Crippen molar-refractivity contribution in [1.29, 1.82) is 0 Å². The summed E-state index contributed by atoms with van der Waals surface area (Å²) in [6.45, 7) is 6.41. The largest absolute Gasteiger partial charge is 0.459 e. The standard InChI is InChI=1S/C11H21NO5S/c1-11(2,3)16-10(13)8-18(14,15)17-9-5-4-6-12-7-9/h9,12H,4-8H2,1-3H3/t9-/m0/s1. The Labute approximate surface area is 108 Å². The van der Waals surface area contributed by atoms with Gasteiger partial charge < -0.3 is 10.1 Å². The minimum Gasteiger partial charge on any atom is -0.459 e. The summed E-state index contributed by atoms with van der Waals surface area (Å²) < 4.78 is 33.2. The Kier molecular flexibility index (Phi) is 5.12. The molecule has 0 aliphatic carbocycles. The van der Waals surface area contributed by atoms with Crippen molar-refractivity contribution in [3.63, 3.8) is 0 Å². The number of carbonyl (C=O) groups is 1. The highest BCUT2D eigenvalue weighted by Gasteiger charge is 2.27. The van der Waals surface area contributed by atoms with E-state index < -0.39 is 27.4 Å². The topological polar surface area (TPSA) is 81.7 Å². The maximum Gasteiger partial charge on any atom is 0.324 e. The minimum absolute atomic E-state index is 0.383. The molecule has 0 radical (unpaired) electrons. The van der Waals surface area contributed by atoms with Crippen molar-refractivity contribution < 1.29 is 22.1 Å². The lowest BCUT2D eigenvalue weighted by Gasteiger charge is -2.23. The van der Waals surface area contributed by atoms with Gasteiger partial charge in [-0.05, 0) is 40.2 Å². The van der Waals surface area contributed by atoms with E-state index in [-0.39, 0.29) is 6.10 Å². The maximum atomic E-state index is 11.6. The molecule has 1 fully saturated rings. The second-order valence-corrected chi connectivity index (χ2v) is 6.95. The first-order valence-corrected chi connectivity index (χ1v) is 7.59. The molecule has 1 aliphatic heterocycles. The second kappa shape index (κ2) is 5.99. The van der Waals surface area contributed by atoms with Crippen molar-refractivity contribution in [1.82, 2.24) is 5.32 Å². The van der Waals surface area contributed by atoms with Gasteiger partial charge in [0.25, 0.3) is 10.1 Å². The van der Waals surface area contributed by atoms with Crippen molar-refractivity contribution in [3.8, 4) is 0 Å². The Morgan fingerprint density at radius 1 is 1.39 bits per heavy atom. The van der Waals surface area contributed by atoms with Crippen molar-refractivity contribution >= 4 is 16.1 Å². The average molecular weight is 279 g/mol. The Hall–Kier alpha value is -0.660. The van der Waals surface area contributed by atoms with Gasteiger partial charge in [0.2, 0.25) is 0 Å². The van der Waals surface area contributed by atoms with Crippen LogP contribution in [-0.2, 0) is 23.8 Å². The van der Waals surface area contributed by atoms with E-state index in [2.05, 4.69) is 5.32 Å². The van der Waals surface area contributed by atoms with Gasteiger partial charge in [-0.25, -0.2) is 0 Å². The van der Waals surface area contributed by atoms with Crippen LogP contribution in [0.3, 0.4) is 0 Å². The third-order valence-electron chi connectivity index (χ3n) is 2.25. The minimum atomic E-state index is -3.87. The summed E-state index contributed by atoms with van der Waals surface area (Å²) in [7, 11) is -3.87. The highest BCUT2D eigenvalue weighted by Crippen LogP contribution is 2.12. The van der Waals surface area contributed by atoms with Crippen molar-refractivity contribution in [3.05, 3.63) is 0 Å². The van der Waals surface area contributed by atoms with Crippen LogP contribution in [0.1, 0.15) is 33.6 Å². The summed E-state index contributed by atoms with van der Waals surface area (Å²) in [5.74, 6) is -1.52. The Morgan fingerprint density at radius 2 is 2.06 bits per heavy atom. The lowest BCUT2D eigenvalue weighted by Crippen LogP contribution is -2.38. The van der Waals surface area contributed by atoms with E-state index in [0.717, 1.165) is 13.0 Å². The third kappa shape index (κ3) is 6.32. The van der Waals surface area contributed by atoms with Gasteiger partial charge in [-0.2, -0.15) is 8.42 Å². The molecular formula is C11H21NO5S. The number of nitrogens with one attached hydrogen (secondary N) is 1. The Bertz CT molecular complexity index is 379. The summed E-state index contributed by atoms with van der Waals surface area (Å²) in [5.41, 5.74) is -0.695. The van der Waals surface area contributed by atoms with Crippen LogP contribution in [0, 0.1) is 0 Å². The van der Waals surface area contributed by atoms with E-state index >= 15 is 0 Å². The van der Waals surface area contributed by atoms with Gasteiger partial charge in [-0.15, -0.1) is 0 Å². The molecule has 106 valence electrons. The zero-order chi connectivity index (χ0) is 13.8. The molecule has 0 saturated carbocycles. The number of ether oxygens (including phenoxy) is 1. The predicted molar refractivity (Wildman–Crippen MR) is 66.6 cm³/mol. The first-order chi connectivity index (χ1) is 8.18. The lowest BCUT2D eigenvalue weighted by molar-refractivity contribution is -0.151. The number of rotatable bonds is 4. The number of hydrogen-bond donors (Lipinski definition) is 1. The number of esters is 1. The van der Waals surface area contributed by atoms with Crippen molar-refractivity contribution in [2.75, 3.05) is 18.8 Å². The molecule has 1 atom stereocenters. The molecule has 1 N–H and O–H groups in total. The Morgan fingerprint density at radius 3 is 2.56 bits per heavy atom. The fraction of sp³-hybridized carbons (Fsp3) is 0.909. The van der Waals surface area contributed by atoms with Gasteiger partial charge in [-0.3, -0.25) is 8.98 Å². The molecule has 0 bridgehead atoms. The van der Waals surface area contributed by atoms with Crippen LogP contribution < -0.4 is 5.32 Å². The van der Waals surface area contributed by atoms with Crippen LogP contribution in [-0.4, -0.2) is 44.9 Å². The number of hydrogen-bond acceptors (Lipinski definition) is 6. The quantitative estimate of drug-likeness (QED) is 0.593. The fourth-order valence-corrected chi connectivity index (χ4v) is 2.65. The monoisotopic (exact) mass is 279 g/mol. The zero-order valence-electron chi connectivity index (χ0n) is 11.1. The molecule has 6 nitrogen and oxygen atoms in total. The van der Waals surface area contributed by atoms with Crippen molar-refractivity contribution in [2.45, 2.75) is 45.3 Å². The number of piperidine rings is 1. The van der Waals surface area contributed by atoms with Crippen LogP contribution in [0.15, 0.2) is 0 Å². The van der Waals surface area contributed by atoms with E-state index in [1.54, 1.807) is 20.8 Å². The molecule has 1 saturated heterocycles. The average Bonchev–Trinajstić information content (AvgIpc) is 2.13. The molecule has 0 aromatic carbocycles. The second-order valence-electron chi connectivity index (χ2n) is 5.35. The smallest absolute Gasteiger partial charge is 0.324 e.